The molecule has 0 amide bonds. The highest BCUT2D eigenvalue weighted by atomic mass is 15.2. The van der Waals surface area contributed by atoms with Crippen LogP contribution in [0.5, 0.6) is 0 Å². The van der Waals surface area contributed by atoms with Crippen LogP contribution in [-0.4, -0.2) is 21.1 Å². The zero-order valence-electron chi connectivity index (χ0n) is 10.7. The van der Waals surface area contributed by atoms with Crippen molar-refractivity contribution in [3.63, 3.8) is 0 Å². The minimum Gasteiger partial charge on any atom is -0.330 e. The van der Waals surface area contributed by atoms with E-state index in [0.29, 0.717) is 12.5 Å². The van der Waals surface area contributed by atoms with E-state index < -0.39 is 0 Å². The molecular weight excluding hydrogens is 224 g/mol. The lowest BCUT2D eigenvalue weighted by Crippen LogP contribution is -2.08. The standard InChI is InChI=1S/C14H20N4/c15-9-8-13-14-7-6-12(17-18(14)10-16-13)11-4-2-1-3-5-11/h6-7,10-11H,1-5,8-9,15H2. The van der Waals surface area contributed by atoms with Crippen LogP contribution in [0.15, 0.2) is 18.5 Å². The number of rotatable bonds is 3. The van der Waals surface area contributed by atoms with E-state index in [-0.39, 0.29) is 0 Å². The summed E-state index contributed by atoms with van der Waals surface area (Å²) in [6.07, 6.45) is 9.25. The van der Waals surface area contributed by atoms with E-state index in [1.807, 2.05) is 10.8 Å². The van der Waals surface area contributed by atoms with Gasteiger partial charge in [0.1, 0.15) is 6.33 Å². The molecular formula is C14H20N4. The van der Waals surface area contributed by atoms with Gasteiger partial charge in [0.2, 0.25) is 0 Å². The Morgan fingerprint density at radius 1 is 1.22 bits per heavy atom. The maximum absolute atomic E-state index is 5.59. The molecule has 96 valence electrons. The average molecular weight is 244 g/mol. The molecule has 0 aromatic carbocycles. The normalized spacial score (nSPS) is 17.4. The summed E-state index contributed by atoms with van der Waals surface area (Å²) in [5, 5.41) is 4.72. The molecule has 0 radical (unpaired) electrons. The van der Waals surface area contributed by atoms with Crippen molar-refractivity contribution < 1.29 is 0 Å². The van der Waals surface area contributed by atoms with Gasteiger partial charge in [-0.1, -0.05) is 19.3 Å². The maximum Gasteiger partial charge on any atom is 0.118 e. The lowest BCUT2D eigenvalue weighted by molar-refractivity contribution is 0.433. The summed E-state index contributed by atoms with van der Waals surface area (Å²) >= 11 is 0. The summed E-state index contributed by atoms with van der Waals surface area (Å²) in [6, 6.07) is 4.32. The molecule has 0 bridgehead atoms. The first-order chi connectivity index (χ1) is 8.88. The molecule has 3 rings (SSSR count). The monoisotopic (exact) mass is 244 g/mol. The highest BCUT2D eigenvalue weighted by Crippen LogP contribution is 2.31. The minimum atomic E-state index is 0.636. The number of aromatic nitrogens is 3. The van der Waals surface area contributed by atoms with Gasteiger partial charge in [0, 0.05) is 12.3 Å². The van der Waals surface area contributed by atoms with E-state index in [1.54, 1.807) is 0 Å². The minimum absolute atomic E-state index is 0.636. The Morgan fingerprint density at radius 2 is 2.06 bits per heavy atom. The molecule has 0 unspecified atom stereocenters. The van der Waals surface area contributed by atoms with Crippen molar-refractivity contribution >= 4 is 5.52 Å². The molecule has 2 heterocycles. The van der Waals surface area contributed by atoms with Crippen LogP contribution in [-0.2, 0) is 6.42 Å². The lowest BCUT2D eigenvalue weighted by Gasteiger charge is -2.20. The summed E-state index contributed by atoms with van der Waals surface area (Å²) in [5.74, 6) is 0.642. The molecule has 2 N–H and O–H groups in total. The van der Waals surface area contributed by atoms with Crippen molar-refractivity contribution in [2.75, 3.05) is 6.54 Å². The Labute approximate surface area is 107 Å². The number of nitrogens with zero attached hydrogens (tertiary/aromatic N) is 3. The zero-order chi connectivity index (χ0) is 12.4. The third kappa shape index (κ3) is 2.12. The van der Waals surface area contributed by atoms with Crippen LogP contribution in [0.2, 0.25) is 0 Å². The third-order valence-electron chi connectivity index (χ3n) is 3.91. The Bertz CT molecular complexity index is 526. The van der Waals surface area contributed by atoms with Gasteiger partial charge < -0.3 is 5.73 Å². The number of imidazole rings is 1. The molecule has 0 atom stereocenters. The molecule has 18 heavy (non-hydrogen) atoms. The fourth-order valence-electron chi connectivity index (χ4n) is 2.90. The largest absolute Gasteiger partial charge is 0.330 e. The van der Waals surface area contributed by atoms with Gasteiger partial charge in [-0.3, -0.25) is 0 Å². The number of nitrogens with two attached hydrogens (primary N) is 1. The van der Waals surface area contributed by atoms with Gasteiger partial charge in [0.25, 0.3) is 0 Å². The molecule has 2 aromatic rings. The topological polar surface area (TPSA) is 56.2 Å². The van der Waals surface area contributed by atoms with Crippen molar-refractivity contribution in [2.24, 2.45) is 5.73 Å². The lowest BCUT2D eigenvalue weighted by atomic mass is 9.87. The van der Waals surface area contributed by atoms with Crippen LogP contribution in [0.25, 0.3) is 5.52 Å². The van der Waals surface area contributed by atoms with Crippen LogP contribution < -0.4 is 5.73 Å². The smallest absolute Gasteiger partial charge is 0.118 e. The average Bonchev–Trinajstić information content (AvgIpc) is 2.83. The Hall–Kier alpha value is -1.42. The summed E-state index contributed by atoms with van der Waals surface area (Å²) in [4.78, 5) is 4.39. The summed E-state index contributed by atoms with van der Waals surface area (Å²) in [5.41, 5.74) is 8.96. The van der Waals surface area contributed by atoms with Crippen molar-refractivity contribution in [2.45, 2.75) is 44.4 Å². The molecule has 4 nitrogen and oxygen atoms in total. The van der Waals surface area contributed by atoms with Crippen LogP contribution >= 0.6 is 0 Å². The molecule has 1 aliphatic carbocycles. The number of hydrogen-bond donors (Lipinski definition) is 1. The second-order valence-corrected chi connectivity index (χ2v) is 5.15. The van der Waals surface area contributed by atoms with Gasteiger partial charge in [-0.15, -0.1) is 0 Å². The van der Waals surface area contributed by atoms with Crippen molar-refractivity contribution in [1.29, 1.82) is 0 Å². The molecule has 4 heteroatoms. The van der Waals surface area contributed by atoms with Crippen molar-refractivity contribution in [1.82, 2.24) is 14.6 Å². The van der Waals surface area contributed by atoms with Gasteiger partial charge in [-0.2, -0.15) is 5.10 Å². The quantitative estimate of drug-likeness (QED) is 0.901. The second kappa shape index (κ2) is 5.06. The molecule has 0 spiro atoms. The van der Waals surface area contributed by atoms with E-state index >= 15 is 0 Å². The molecule has 1 saturated carbocycles. The van der Waals surface area contributed by atoms with Crippen LogP contribution in [0.1, 0.15) is 49.4 Å². The van der Waals surface area contributed by atoms with Gasteiger partial charge in [-0.25, -0.2) is 9.50 Å². The predicted octanol–water partition coefficient (Wildman–Crippen LogP) is 2.28. The van der Waals surface area contributed by atoms with E-state index in [0.717, 1.165) is 17.6 Å². The highest BCUT2D eigenvalue weighted by Gasteiger charge is 2.17. The summed E-state index contributed by atoms with van der Waals surface area (Å²) in [7, 11) is 0. The van der Waals surface area contributed by atoms with E-state index in [1.165, 1.54) is 37.8 Å². The zero-order valence-corrected chi connectivity index (χ0v) is 10.7. The molecule has 0 aliphatic heterocycles. The van der Waals surface area contributed by atoms with Gasteiger partial charge in [0.15, 0.2) is 0 Å². The Morgan fingerprint density at radius 3 is 2.83 bits per heavy atom. The van der Waals surface area contributed by atoms with E-state index in [4.69, 9.17) is 10.8 Å². The van der Waals surface area contributed by atoms with E-state index in [2.05, 4.69) is 17.1 Å². The Kier molecular flexibility index (Phi) is 3.28. The molecule has 2 aromatic heterocycles. The van der Waals surface area contributed by atoms with Crippen LogP contribution in [0.3, 0.4) is 0 Å². The van der Waals surface area contributed by atoms with Gasteiger partial charge in [-0.05, 0) is 31.5 Å². The Balaban J connectivity index is 1.91. The molecule has 0 saturated heterocycles. The van der Waals surface area contributed by atoms with Gasteiger partial charge in [0.05, 0.1) is 16.9 Å². The van der Waals surface area contributed by atoms with E-state index in [9.17, 15) is 0 Å². The highest BCUT2D eigenvalue weighted by molar-refractivity contribution is 5.51. The fourth-order valence-corrected chi connectivity index (χ4v) is 2.90. The maximum atomic E-state index is 5.59. The van der Waals surface area contributed by atoms with Gasteiger partial charge >= 0.3 is 0 Å². The SMILES string of the molecule is NCCc1ncn2nc(C3CCCCC3)ccc12. The van der Waals surface area contributed by atoms with Crippen molar-refractivity contribution in [3.05, 3.63) is 29.8 Å². The second-order valence-electron chi connectivity index (χ2n) is 5.15. The fraction of sp³-hybridized carbons (Fsp3) is 0.571. The summed E-state index contributed by atoms with van der Waals surface area (Å²) < 4.78 is 1.91. The van der Waals surface area contributed by atoms with Crippen molar-refractivity contribution in [3.8, 4) is 0 Å². The number of fused-ring (bicyclic) bond motifs is 1. The van der Waals surface area contributed by atoms with Crippen LogP contribution in [0.4, 0.5) is 0 Å². The number of hydrogen-bond acceptors (Lipinski definition) is 3. The molecule has 1 aliphatic rings. The first-order valence-corrected chi connectivity index (χ1v) is 6.91. The third-order valence-corrected chi connectivity index (χ3v) is 3.91. The summed E-state index contributed by atoms with van der Waals surface area (Å²) in [6.45, 7) is 0.636. The first kappa shape index (κ1) is 11.7. The predicted molar refractivity (Wildman–Crippen MR) is 71.6 cm³/mol. The first-order valence-electron chi connectivity index (χ1n) is 6.91. The molecule has 1 fully saturated rings. The van der Waals surface area contributed by atoms with Crippen LogP contribution in [0, 0.1) is 0 Å².